The van der Waals surface area contributed by atoms with Crippen molar-refractivity contribution in [3.05, 3.63) is 34.3 Å². The first-order chi connectivity index (χ1) is 9.47. The highest BCUT2D eigenvalue weighted by Gasteiger charge is 2.51. The Kier molecular flexibility index (Phi) is 4.56. The smallest absolute Gasteiger partial charge is 0.106 e. The van der Waals surface area contributed by atoms with Gasteiger partial charge in [-0.05, 0) is 37.3 Å². The Labute approximate surface area is 129 Å². The predicted molar refractivity (Wildman–Crippen MR) is 84.0 cm³/mol. The van der Waals surface area contributed by atoms with E-state index in [1.54, 1.807) is 6.92 Å². The van der Waals surface area contributed by atoms with E-state index in [1.165, 1.54) is 6.42 Å². The highest BCUT2D eigenvalue weighted by Crippen LogP contribution is 2.52. The van der Waals surface area contributed by atoms with Gasteiger partial charge < -0.3 is 5.11 Å². The van der Waals surface area contributed by atoms with Gasteiger partial charge in [-0.1, -0.05) is 60.3 Å². The number of nitrogens with zero attached hydrogens (tertiary/aromatic N) is 1. The number of hydrogen-bond acceptors (Lipinski definition) is 2. The maximum absolute atomic E-state index is 11.2. The zero-order chi connectivity index (χ0) is 14.8. The lowest BCUT2D eigenvalue weighted by Gasteiger charge is -2.45. The van der Waals surface area contributed by atoms with Crippen LogP contribution in [0, 0.1) is 22.7 Å². The van der Waals surface area contributed by atoms with Crippen molar-refractivity contribution in [3.8, 4) is 6.07 Å². The quantitative estimate of drug-likeness (QED) is 0.864. The van der Waals surface area contributed by atoms with Crippen LogP contribution in [0.3, 0.4) is 0 Å². The molecule has 1 aliphatic rings. The van der Waals surface area contributed by atoms with Crippen LogP contribution in [0.25, 0.3) is 0 Å². The molecule has 1 aliphatic carbocycles. The molecule has 0 aromatic heterocycles. The molecule has 2 rings (SSSR count). The standard InChI is InChI=1S/C17H22BrNO/c1-3-13-7-6-10-17(11-13,12-19)16(2,20)14-8-4-5-9-15(14)18/h4-5,8-9,13,20H,3,6-7,10-11H2,1-2H3. The highest BCUT2D eigenvalue weighted by molar-refractivity contribution is 9.10. The van der Waals surface area contributed by atoms with Crippen molar-refractivity contribution in [1.29, 1.82) is 5.26 Å². The third-order valence-electron chi connectivity index (χ3n) is 4.97. The number of halogens is 1. The fourth-order valence-electron chi connectivity index (χ4n) is 3.50. The fraction of sp³-hybridized carbons (Fsp3) is 0.588. The summed E-state index contributed by atoms with van der Waals surface area (Å²) in [6.07, 6.45) is 4.83. The summed E-state index contributed by atoms with van der Waals surface area (Å²) in [5, 5.41) is 21.0. The van der Waals surface area contributed by atoms with Crippen LogP contribution in [-0.4, -0.2) is 5.11 Å². The minimum absolute atomic E-state index is 0.539. The van der Waals surface area contributed by atoms with E-state index in [-0.39, 0.29) is 0 Å². The van der Waals surface area contributed by atoms with E-state index in [4.69, 9.17) is 0 Å². The molecular formula is C17H22BrNO. The SMILES string of the molecule is CCC1CCCC(C#N)(C(C)(O)c2ccccc2Br)C1. The van der Waals surface area contributed by atoms with Crippen LogP contribution in [0.15, 0.2) is 28.7 Å². The zero-order valence-corrected chi connectivity index (χ0v) is 13.8. The summed E-state index contributed by atoms with van der Waals surface area (Å²) in [5.74, 6) is 0.539. The molecule has 0 aliphatic heterocycles. The number of benzene rings is 1. The van der Waals surface area contributed by atoms with Crippen LogP contribution in [0.4, 0.5) is 0 Å². The molecule has 1 aromatic carbocycles. The molecule has 0 saturated heterocycles. The summed E-state index contributed by atoms with van der Waals surface area (Å²) in [6, 6.07) is 10.2. The molecule has 1 N–H and O–H groups in total. The second kappa shape index (κ2) is 5.87. The molecule has 0 radical (unpaired) electrons. The second-order valence-corrected chi connectivity index (χ2v) is 6.97. The van der Waals surface area contributed by atoms with Crippen molar-refractivity contribution in [1.82, 2.24) is 0 Å². The van der Waals surface area contributed by atoms with Crippen molar-refractivity contribution in [2.24, 2.45) is 11.3 Å². The van der Waals surface area contributed by atoms with E-state index in [2.05, 4.69) is 28.9 Å². The number of hydrogen-bond donors (Lipinski definition) is 1. The minimum Gasteiger partial charge on any atom is -0.384 e. The normalized spacial score (nSPS) is 29.4. The van der Waals surface area contributed by atoms with Crippen LogP contribution in [0.1, 0.15) is 51.5 Å². The fourth-order valence-corrected chi connectivity index (χ4v) is 4.18. The maximum Gasteiger partial charge on any atom is 0.106 e. The van der Waals surface area contributed by atoms with Crippen LogP contribution in [0.2, 0.25) is 0 Å². The van der Waals surface area contributed by atoms with Crippen molar-refractivity contribution < 1.29 is 5.11 Å². The van der Waals surface area contributed by atoms with Gasteiger partial charge >= 0.3 is 0 Å². The summed E-state index contributed by atoms with van der Waals surface area (Å²) >= 11 is 3.51. The molecule has 1 saturated carbocycles. The molecule has 108 valence electrons. The first-order valence-corrected chi connectivity index (χ1v) is 8.15. The Morgan fingerprint density at radius 3 is 2.80 bits per heavy atom. The molecule has 2 nitrogen and oxygen atoms in total. The molecule has 1 fully saturated rings. The first kappa shape index (κ1) is 15.5. The highest BCUT2D eigenvalue weighted by atomic mass is 79.9. The van der Waals surface area contributed by atoms with Gasteiger partial charge in [-0.3, -0.25) is 0 Å². The van der Waals surface area contributed by atoms with Gasteiger partial charge in [-0.2, -0.15) is 5.26 Å². The second-order valence-electron chi connectivity index (χ2n) is 6.12. The third-order valence-corrected chi connectivity index (χ3v) is 5.67. The predicted octanol–water partition coefficient (Wildman–Crippen LogP) is 4.77. The largest absolute Gasteiger partial charge is 0.384 e. The van der Waals surface area contributed by atoms with Crippen molar-refractivity contribution >= 4 is 15.9 Å². The summed E-state index contributed by atoms with van der Waals surface area (Å²) in [4.78, 5) is 0. The summed E-state index contributed by atoms with van der Waals surface area (Å²) in [7, 11) is 0. The van der Waals surface area contributed by atoms with Gasteiger partial charge in [0.2, 0.25) is 0 Å². The lowest BCUT2D eigenvalue weighted by Crippen LogP contribution is -2.46. The molecule has 3 atom stereocenters. The van der Waals surface area contributed by atoms with E-state index in [1.807, 2.05) is 24.3 Å². The van der Waals surface area contributed by atoms with E-state index in [9.17, 15) is 10.4 Å². The van der Waals surface area contributed by atoms with Crippen molar-refractivity contribution in [2.75, 3.05) is 0 Å². The van der Waals surface area contributed by atoms with E-state index in [0.717, 1.165) is 35.7 Å². The topological polar surface area (TPSA) is 44.0 Å². The lowest BCUT2D eigenvalue weighted by atomic mass is 9.59. The van der Waals surface area contributed by atoms with Crippen LogP contribution in [0.5, 0.6) is 0 Å². The van der Waals surface area contributed by atoms with Gasteiger partial charge in [0, 0.05) is 4.47 Å². The average molecular weight is 336 g/mol. The average Bonchev–Trinajstić information content (AvgIpc) is 2.47. The van der Waals surface area contributed by atoms with Gasteiger partial charge in [0.15, 0.2) is 0 Å². The Bertz CT molecular complexity index is 520. The van der Waals surface area contributed by atoms with Crippen molar-refractivity contribution in [3.63, 3.8) is 0 Å². The minimum atomic E-state index is -1.13. The van der Waals surface area contributed by atoms with Gasteiger partial charge in [-0.25, -0.2) is 0 Å². The molecule has 3 heteroatoms. The lowest BCUT2D eigenvalue weighted by molar-refractivity contribution is -0.0743. The van der Waals surface area contributed by atoms with Crippen molar-refractivity contribution in [2.45, 2.75) is 51.6 Å². The summed E-state index contributed by atoms with van der Waals surface area (Å²) < 4.78 is 0.873. The molecule has 3 unspecified atom stereocenters. The van der Waals surface area contributed by atoms with Crippen LogP contribution >= 0.6 is 15.9 Å². The molecule has 0 spiro atoms. The molecular weight excluding hydrogens is 314 g/mol. The monoisotopic (exact) mass is 335 g/mol. The number of nitriles is 1. The summed E-state index contributed by atoms with van der Waals surface area (Å²) in [6.45, 7) is 3.97. The molecule has 0 bridgehead atoms. The summed E-state index contributed by atoms with van der Waals surface area (Å²) in [5.41, 5.74) is -0.996. The molecule has 20 heavy (non-hydrogen) atoms. The molecule has 0 heterocycles. The van der Waals surface area contributed by atoms with E-state index in [0.29, 0.717) is 5.92 Å². The molecule has 1 aromatic rings. The molecule has 0 amide bonds. The Balaban J connectivity index is 2.45. The van der Waals surface area contributed by atoms with Gasteiger partial charge in [0.25, 0.3) is 0 Å². The third kappa shape index (κ3) is 2.52. The van der Waals surface area contributed by atoms with E-state index < -0.39 is 11.0 Å². The van der Waals surface area contributed by atoms with Gasteiger partial charge in [0.1, 0.15) is 5.60 Å². The van der Waals surface area contributed by atoms with E-state index >= 15 is 0 Å². The maximum atomic E-state index is 11.2. The zero-order valence-electron chi connectivity index (χ0n) is 12.2. The van der Waals surface area contributed by atoms with Gasteiger partial charge in [0.05, 0.1) is 11.5 Å². The Morgan fingerprint density at radius 1 is 1.50 bits per heavy atom. The number of rotatable bonds is 3. The Morgan fingerprint density at radius 2 is 2.20 bits per heavy atom. The van der Waals surface area contributed by atoms with Crippen LogP contribution in [-0.2, 0) is 5.60 Å². The number of aliphatic hydroxyl groups is 1. The van der Waals surface area contributed by atoms with Gasteiger partial charge in [-0.15, -0.1) is 0 Å². The Hall–Kier alpha value is -0.850. The first-order valence-electron chi connectivity index (χ1n) is 7.35. The van der Waals surface area contributed by atoms with Crippen LogP contribution < -0.4 is 0 Å².